The molecule has 0 aromatic carbocycles. The largest absolute Gasteiger partial charge is 0.464 e. The summed E-state index contributed by atoms with van der Waals surface area (Å²) >= 11 is 2.23. The normalized spacial score (nSPS) is 10.4. The Morgan fingerprint density at radius 3 is 2.62 bits per heavy atom. The summed E-state index contributed by atoms with van der Waals surface area (Å²) in [7, 11) is 0. The number of carbonyl (C=O) groups is 3. The Hall–Kier alpha value is -3.62. The molecule has 3 heterocycles. The summed E-state index contributed by atoms with van der Waals surface area (Å²) < 4.78 is 15.5. The second kappa shape index (κ2) is 11.5. The zero-order chi connectivity index (χ0) is 24.7. The van der Waals surface area contributed by atoms with Crippen molar-refractivity contribution in [3.8, 4) is 17.4 Å². The Balaban J connectivity index is 1.77. The number of nitrogens with one attached hydrogen (secondary N) is 1. The number of thiophene rings is 1. The number of aromatic nitrogens is 1. The van der Waals surface area contributed by atoms with E-state index >= 15 is 0 Å². The Morgan fingerprint density at radius 1 is 1.24 bits per heavy atom. The van der Waals surface area contributed by atoms with Crippen molar-refractivity contribution in [3.05, 3.63) is 52.2 Å². The quantitative estimate of drug-likeness (QED) is 0.329. The van der Waals surface area contributed by atoms with E-state index in [4.69, 9.17) is 13.9 Å². The highest BCUT2D eigenvalue weighted by Crippen LogP contribution is 2.36. The maximum absolute atomic E-state index is 12.7. The molecule has 0 aliphatic rings. The minimum Gasteiger partial charge on any atom is -0.464 e. The van der Waals surface area contributed by atoms with Crippen molar-refractivity contribution in [2.24, 2.45) is 0 Å². The molecule has 0 bridgehead atoms. The molecule has 0 radical (unpaired) electrons. The lowest BCUT2D eigenvalue weighted by Crippen LogP contribution is -2.17. The van der Waals surface area contributed by atoms with E-state index in [0.29, 0.717) is 27.0 Å². The van der Waals surface area contributed by atoms with Crippen molar-refractivity contribution in [2.75, 3.05) is 24.3 Å². The van der Waals surface area contributed by atoms with Crippen LogP contribution in [0.15, 0.2) is 39.3 Å². The minimum absolute atomic E-state index is 0.0733. The molecule has 0 aliphatic heterocycles. The SMILES string of the molecule is CCOC(=O)c1cc(C#N)c(SCC(=O)Nc2scc(-c3ccco3)c2C(=O)OCC)nc1C. The van der Waals surface area contributed by atoms with Crippen molar-refractivity contribution in [1.29, 1.82) is 5.26 Å². The molecule has 11 heteroatoms. The van der Waals surface area contributed by atoms with E-state index in [2.05, 4.69) is 10.3 Å². The summed E-state index contributed by atoms with van der Waals surface area (Å²) in [4.78, 5) is 41.6. The van der Waals surface area contributed by atoms with Crippen LogP contribution in [-0.2, 0) is 14.3 Å². The van der Waals surface area contributed by atoms with Gasteiger partial charge in [-0.25, -0.2) is 14.6 Å². The number of amides is 1. The number of thioether (sulfide) groups is 1. The van der Waals surface area contributed by atoms with Crippen LogP contribution in [0.1, 0.15) is 45.8 Å². The van der Waals surface area contributed by atoms with Crippen LogP contribution in [-0.4, -0.2) is 41.8 Å². The zero-order valence-electron chi connectivity index (χ0n) is 18.7. The third-order valence-corrected chi connectivity index (χ3v) is 6.33. The fraction of sp³-hybridized carbons (Fsp3) is 0.261. The summed E-state index contributed by atoms with van der Waals surface area (Å²) in [5.74, 6) is -1.13. The first-order valence-corrected chi connectivity index (χ1v) is 12.1. The molecule has 1 amide bonds. The second-order valence-electron chi connectivity index (χ2n) is 6.69. The van der Waals surface area contributed by atoms with Crippen LogP contribution in [0.4, 0.5) is 5.00 Å². The smallest absolute Gasteiger partial charge is 0.341 e. The minimum atomic E-state index is -0.572. The first-order valence-electron chi connectivity index (χ1n) is 10.2. The lowest BCUT2D eigenvalue weighted by molar-refractivity contribution is -0.113. The molecule has 9 nitrogen and oxygen atoms in total. The molecule has 0 saturated heterocycles. The molecular formula is C23H21N3O6S2. The molecule has 3 aromatic rings. The van der Waals surface area contributed by atoms with Gasteiger partial charge in [0.2, 0.25) is 5.91 Å². The van der Waals surface area contributed by atoms with Crippen molar-refractivity contribution < 1.29 is 28.3 Å². The first kappa shape index (κ1) is 25.0. The second-order valence-corrected chi connectivity index (χ2v) is 8.54. The van der Waals surface area contributed by atoms with Gasteiger partial charge in [-0.3, -0.25) is 4.79 Å². The van der Waals surface area contributed by atoms with Gasteiger partial charge in [0.1, 0.15) is 27.4 Å². The van der Waals surface area contributed by atoms with Crippen molar-refractivity contribution in [1.82, 2.24) is 4.98 Å². The van der Waals surface area contributed by atoms with Gasteiger partial charge in [-0.05, 0) is 39.0 Å². The standard InChI is InChI=1S/C23H21N3O6S2/c1-4-30-22(28)15-9-14(10-24)20(25-13(15)3)34-12-18(27)26-21-19(23(29)31-5-2)16(11-33-21)17-7-6-8-32-17/h6-9,11H,4-5,12H2,1-3H3,(H,26,27). The lowest BCUT2D eigenvalue weighted by atomic mass is 10.1. The fourth-order valence-electron chi connectivity index (χ4n) is 2.95. The third kappa shape index (κ3) is 5.65. The van der Waals surface area contributed by atoms with E-state index in [1.165, 1.54) is 23.7 Å². The van der Waals surface area contributed by atoms with Crippen LogP contribution in [0.25, 0.3) is 11.3 Å². The summed E-state index contributed by atoms with van der Waals surface area (Å²) in [6.07, 6.45) is 1.49. The summed E-state index contributed by atoms with van der Waals surface area (Å²) in [5.41, 5.74) is 1.50. The molecule has 0 spiro atoms. The van der Waals surface area contributed by atoms with Crippen LogP contribution in [0.2, 0.25) is 0 Å². The summed E-state index contributed by atoms with van der Waals surface area (Å²) in [5, 5.41) is 14.6. The number of pyridine rings is 1. The number of hydrogen-bond donors (Lipinski definition) is 1. The molecule has 3 rings (SSSR count). The molecule has 0 atom stereocenters. The highest BCUT2D eigenvalue weighted by molar-refractivity contribution is 8.00. The maximum Gasteiger partial charge on any atom is 0.341 e. The molecule has 0 saturated carbocycles. The number of nitriles is 1. The molecule has 0 aliphatic carbocycles. The highest BCUT2D eigenvalue weighted by Gasteiger charge is 2.24. The Bertz CT molecular complexity index is 1240. The lowest BCUT2D eigenvalue weighted by Gasteiger charge is -2.10. The number of carbonyl (C=O) groups excluding carboxylic acids is 3. The fourth-order valence-corrected chi connectivity index (χ4v) is 4.71. The van der Waals surface area contributed by atoms with E-state index < -0.39 is 17.8 Å². The van der Waals surface area contributed by atoms with Gasteiger partial charge in [-0.15, -0.1) is 11.3 Å². The topological polar surface area (TPSA) is 132 Å². The van der Waals surface area contributed by atoms with Crippen LogP contribution >= 0.6 is 23.1 Å². The van der Waals surface area contributed by atoms with Gasteiger partial charge in [0, 0.05) is 10.9 Å². The molecular weight excluding hydrogens is 478 g/mol. The van der Waals surface area contributed by atoms with Gasteiger partial charge in [-0.1, -0.05) is 11.8 Å². The molecule has 176 valence electrons. The van der Waals surface area contributed by atoms with Crippen LogP contribution < -0.4 is 5.32 Å². The van der Waals surface area contributed by atoms with Crippen molar-refractivity contribution in [2.45, 2.75) is 25.8 Å². The third-order valence-electron chi connectivity index (χ3n) is 4.44. The monoisotopic (exact) mass is 499 g/mol. The van der Waals surface area contributed by atoms with E-state index in [9.17, 15) is 19.6 Å². The number of hydrogen-bond acceptors (Lipinski definition) is 10. The van der Waals surface area contributed by atoms with E-state index in [0.717, 1.165) is 11.8 Å². The van der Waals surface area contributed by atoms with Gasteiger partial charge in [0.05, 0.1) is 42.1 Å². The summed E-state index contributed by atoms with van der Waals surface area (Å²) in [6, 6.07) is 6.82. The molecule has 1 N–H and O–H groups in total. The Labute approximate surface area is 204 Å². The van der Waals surface area contributed by atoms with Crippen molar-refractivity contribution >= 4 is 45.9 Å². The van der Waals surface area contributed by atoms with Gasteiger partial charge < -0.3 is 19.2 Å². The average Bonchev–Trinajstić information content (AvgIpc) is 3.48. The molecule has 34 heavy (non-hydrogen) atoms. The molecule has 3 aromatic heterocycles. The predicted molar refractivity (Wildman–Crippen MR) is 127 cm³/mol. The average molecular weight is 500 g/mol. The van der Waals surface area contributed by atoms with Gasteiger partial charge in [-0.2, -0.15) is 5.26 Å². The number of rotatable bonds is 9. The summed E-state index contributed by atoms with van der Waals surface area (Å²) in [6.45, 7) is 5.40. The van der Waals surface area contributed by atoms with Gasteiger partial charge in [0.15, 0.2) is 0 Å². The van der Waals surface area contributed by atoms with Gasteiger partial charge in [0.25, 0.3) is 0 Å². The molecule has 0 unspecified atom stereocenters. The van der Waals surface area contributed by atoms with Crippen LogP contribution in [0.5, 0.6) is 0 Å². The predicted octanol–water partition coefficient (Wildman–Crippen LogP) is 4.67. The van der Waals surface area contributed by atoms with Crippen LogP contribution in [0.3, 0.4) is 0 Å². The van der Waals surface area contributed by atoms with E-state index in [1.54, 1.807) is 38.3 Å². The first-order chi connectivity index (χ1) is 16.4. The Kier molecular flexibility index (Phi) is 8.45. The maximum atomic E-state index is 12.7. The van der Waals surface area contributed by atoms with Crippen LogP contribution in [0, 0.1) is 18.3 Å². The Morgan fingerprint density at radius 2 is 1.97 bits per heavy atom. The number of esters is 2. The molecule has 0 fully saturated rings. The number of aryl methyl sites for hydroxylation is 1. The number of furan rings is 1. The van der Waals surface area contributed by atoms with E-state index in [1.807, 2.05) is 6.07 Å². The number of anilines is 1. The van der Waals surface area contributed by atoms with Gasteiger partial charge >= 0.3 is 11.9 Å². The number of nitrogens with zero attached hydrogens (tertiary/aromatic N) is 2. The van der Waals surface area contributed by atoms with E-state index in [-0.39, 0.29) is 35.7 Å². The zero-order valence-corrected chi connectivity index (χ0v) is 20.3. The number of ether oxygens (including phenoxy) is 2. The highest BCUT2D eigenvalue weighted by atomic mass is 32.2. The van der Waals surface area contributed by atoms with Crippen molar-refractivity contribution in [3.63, 3.8) is 0 Å².